The van der Waals surface area contributed by atoms with Crippen LogP contribution in [0.5, 0.6) is 0 Å². The van der Waals surface area contributed by atoms with Crippen molar-refractivity contribution in [3.8, 4) is 11.4 Å². The molecule has 0 amide bonds. The number of anilines is 1. The van der Waals surface area contributed by atoms with Crippen LogP contribution in [0.4, 0.5) is 10.2 Å². The SMILES string of the molecule is CNc1nc(-c2ccc(F)c(Br)c2)ncc1I. The zero-order chi connectivity index (χ0) is 12.4. The second kappa shape index (κ2) is 5.26. The summed E-state index contributed by atoms with van der Waals surface area (Å²) in [5, 5.41) is 2.99. The van der Waals surface area contributed by atoms with Crippen LogP contribution in [0.15, 0.2) is 28.9 Å². The molecular weight excluding hydrogens is 400 g/mol. The molecule has 0 saturated heterocycles. The second-order valence-electron chi connectivity index (χ2n) is 3.27. The highest BCUT2D eigenvalue weighted by Gasteiger charge is 2.07. The molecule has 6 heteroatoms. The molecule has 88 valence electrons. The average molecular weight is 408 g/mol. The number of halogens is 3. The standard InChI is InChI=1S/C11H8BrFIN3/c1-15-11-9(14)5-16-10(17-11)6-2-3-8(13)7(12)4-6/h2-5H,1H3,(H,15,16,17). The highest BCUT2D eigenvalue weighted by Crippen LogP contribution is 2.24. The molecule has 0 aliphatic carbocycles. The highest BCUT2D eigenvalue weighted by molar-refractivity contribution is 14.1. The van der Waals surface area contributed by atoms with Crippen LogP contribution in [-0.2, 0) is 0 Å². The van der Waals surface area contributed by atoms with Crippen molar-refractivity contribution in [3.05, 3.63) is 38.3 Å². The zero-order valence-electron chi connectivity index (χ0n) is 8.84. The number of nitrogens with zero attached hydrogens (tertiary/aromatic N) is 2. The lowest BCUT2D eigenvalue weighted by molar-refractivity contribution is 0.621. The molecule has 0 spiro atoms. The van der Waals surface area contributed by atoms with Crippen molar-refractivity contribution >= 4 is 44.3 Å². The Labute approximate surface area is 120 Å². The Morgan fingerprint density at radius 3 is 2.82 bits per heavy atom. The van der Waals surface area contributed by atoms with E-state index in [9.17, 15) is 4.39 Å². The highest BCUT2D eigenvalue weighted by atomic mass is 127. The zero-order valence-corrected chi connectivity index (χ0v) is 12.6. The first-order valence-corrected chi connectivity index (χ1v) is 6.64. The topological polar surface area (TPSA) is 37.8 Å². The van der Waals surface area contributed by atoms with E-state index in [0.717, 1.165) is 15.0 Å². The van der Waals surface area contributed by atoms with Crippen LogP contribution in [0.3, 0.4) is 0 Å². The Balaban J connectivity index is 2.49. The lowest BCUT2D eigenvalue weighted by atomic mass is 10.2. The van der Waals surface area contributed by atoms with Gasteiger partial charge in [0.1, 0.15) is 11.6 Å². The normalized spacial score (nSPS) is 10.4. The van der Waals surface area contributed by atoms with Gasteiger partial charge in [0, 0.05) is 18.8 Å². The van der Waals surface area contributed by atoms with Crippen molar-refractivity contribution in [1.29, 1.82) is 0 Å². The summed E-state index contributed by atoms with van der Waals surface area (Å²) in [6.07, 6.45) is 1.73. The Kier molecular flexibility index (Phi) is 3.93. The molecule has 2 rings (SSSR count). The number of aromatic nitrogens is 2. The molecule has 1 N–H and O–H groups in total. The van der Waals surface area contributed by atoms with E-state index in [4.69, 9.17) is 0 Å². The summed E-state index contributed by atoms with van der Waals surface area (Å²) in [7, 11) is 1.80. The number of rotatable bonds is 2. The van der Waals surface area contributed by atoms with Crippen molar-refractivity contribution in [2.24, 2.45) is 0 Å². The maximum Gasteiger partial charge on any atom is 0.161 e. The fourth-order valence-electron chi connectivity index (χ4n) is 1.32. The van der Waals surface area contributed by atoms with Crippen molar-refractivity contribution in [3.63, 3.8) is 0 Å². The molecule has 0 unspecified atom stereocenters. The molecule has 1 aromatic carbocycles. The first kappa shape index (κ1) is 12.7. The van der Waals surface area contributed by atoms with Gasteiger partial charge in [-0.2, -0.15) is 0 Å². The minimum Gasteiger partial charge on any atom is -0.372 e. The summed E-state index contributed by atoms with van der Waals surface area (Å²) < 4.78 is 14.5. The molecule has 1 heterocycles. The number of benzene rings is 1. The maximum atomic E-state index is 13.1. The third-order valence-corrected chi connectivity index (χ3v) is 3.56. The molecule has 3 nitrogen and oxygen atoms in total. The van der Waals surface area contributed by atoms with E-state index in [1.807, 2.05) is 0 Å². The van der Waals surface area contributed by atoms with E-state index in [-0.39, 0.29) is 5.82 Å². The fraction of sp³-hybridized carbons (Fsp3) is 0.0909. The summed E-state index contributed by atoms with van der Waals surface area (Å²) in [5.74, 6) is 1.03. The number of hydrogen-bond acceptors (Lipinski definition) is 3. The Hall–Kier alpha value is -0.760. The minimum absolute atomic E-state index is 0.298. The van der Waals surface area contributed by atoms with E-state index in [1.165, 1.54) is 6.07 Å². The summed E-state index contributed by atoms with van der Waals surface area (Å²) in [5.41, 5.74) is 0.770. The van der Waals surface area contributed by atoms with Crippen LogP contribution >= 0.6 is 38.5 Å². The van der Waals surface area contributed by atoms with Crippen molar-refractivity contribution in [1.82, 2.24) is 9.97 Å². The van der Waals surface area contributed by atoms with Gasteiger partial charge in [-0.1, -0.05) is 0 Å². The predicted octanol–water partition coefficient (Wildman–Crippen LogP) is 3.69. The van der Waals surface area contributed by atoms with Crippen LogP contribution in [-0.4, -0.2) is 17.0 Å². The van der Waals surface area contributed by atoms with Gasteiger partial charge < -0.3 is 5.32 Å². The molecular formula is C11H8BrFIN3. The van der Waals surface area contributed by atoms with Gasteiger partial charge in [-0.05, 0) is 56.7 Å². The molecule has 0 radical (unpaired) electrons. The molecule has 0 aliphatic rings. The summed E-state index contributed by atoms with van der Waals surface area (Å²) in [6.45, 7) is 0. The monoisotopic (exact) mass is 407 g/mol. The van der Waals surface area contributed by atoms with Crippen LogP contribution in [0.1, 0.15) is 0 Å². The largest absolute Gasteiger partial charge is 0.372 e. The lowest BCUT2D eigenvalue weighted by Crippen LogP contribution is -1.99. The predicted molar refractivity (Wildman–Crippen MR) is 77.4 cm³/mol. The van der Waals surface area contributed by atoms with Crippen LogP contribution < -0.4 is 5.32 Å². The minimum atomic E-state index is -0.298. The molecule has 0 bridgehead atoms. The van der Waals surface area contributed by atoms with Crippen molar-refractivity contribution in [2.45, 2.75) is 0 Å². The van der Waals surface area contributed by atoms with Gasteiger partial charge in [0.2, 0.25) is 0 Å². The molecule has 17 heavy (non-hydrogen) atoms. The Morgan fingerprint density at radius 2 is 2.18 bits per heavy atom. The smallest absolute Gasteiger partial charge is 0.161 e. The molecule has 0 fully saturated rings. The van der Waals surface area contributed by atoms with E-state index in [1.54, 1.807) is 25.4 Å². The first-order valence-electron chi connectivity index (χ1n) is 4.77. The van der Waals surface area contributed by atoms with Crippen molar-refractivity contribution in [2.75, 3.05) is 12.4 Å². The van der Waals surface area contributed by atoms with Gasteiger partial charge >= 0.3 is 0 Å². The maximum absolute atomic E-state index is 13.1. The molecule has 0 saturated carbocycles. The molecule has 2 aromatic rings. The lowest BCUT2D eigenvalue weighted by Gasteiger charge is -2.06. The number of nitrogens with one attached hydrogen (secondary N) is 1. The van der Waals surface area contributed by atoms with E-state index >= 15 is 0 Å². The Bertz CT molecular complexity index is 562. The van der Waals surface area contributed by atoms with Gasteiger partial charge in [0.25, 0.3) is 0 Å². The van der Waals surface area contributed by atoms with Gasteiger partial charge in [-0.3, -0.25) is 0 Å². The third kappa shape index (κ3) is 2.74. The fourth-order valence-corrected chi connectivity index (χ4v) is 2.23. The van der Waals surface area contributed by atoms with Gasteiger partial charge in [0.05, 0.1) is 8.04 Å². The Morgan fingerprint density at radius 1 is 1.41 bits per heavy atom. The molecule has 1 aromatic heterocycles. The molecule has 0 aliphatic heterocycles. The van der Waals surface area contributed by atoms with Gasteiger partial charge in [0.15, 0.2) is 5.82 Å². The molecule has 0 atom stereocenters. The number of hydrogen-bond donors (Lipinski definition) is 1. The summed E-state index contributed by atoms with van der Waals surface area (Å²) >= 11 is 5.30. The van der Waals surface area contributed by atoms with Gasteiger partial charge in [-0.25, -0.2) is 14.4 Å². The van der Waals surface area contributed by atoms with Crippen LogP contribution in [0.2, 0.25) is 0 Å². The average Bonchev–Trinajstić information content (AvgIpc) is 2.33. The van der Waals surface area contributed by atoms with E-state index < -0.39 is 0 Å². The second-order valence-corrected chi connectivity index (χ2v) is 5.29. The first-order chi connectivity index (χ1) is 8.11. The van der Waals surface area contributed by atoms with Crippen LogP contribution in [0.25, 0.3) is 11.4 Å². The van der Waals surface area contributed by atoms with Crippen molar-refractivity contribution < 1.29 is 4.39 Å². The van der Waals surface area contributed by atoms with E-state index in [0.29, 0.717) is 10.3 Å². The van der Waals surface area contributed by atoms with Gasteiger partial charge in [-0.15, -0.1) is 0 Å². The summed E-state index contributed by atoms with van der Waals surface area (Å²) in [6, 6.07) is 4.71. The summed E-state index contributed by atoms with van der Waals surface area (Å²) in [4.78, 5) is 8.58. The van der Waals surface area contributed by atoms with E-state index in [2.05, 4.69) is 53.8 Å². The third-order valence-electron chi connectivity index (χ3n) is 2.16. The quantitative estimate of drug-likeness (QED) is 0.771. The van der Waals surface area contributed by atoms with Crippen LogP contribution in [0, 0.1) is 9.39 Å².